The van der Waals surface area contributed by atoms with Crippen LogP contribution in [-0.4, -0.2) is 30.1 Å². The quantitative estimate of drug-likeness (QED) is 0.160. The van der Waals surface area contributed by atoms with E-state index in [-0.39, 0.29) is 0 Å². The van der Waals surface area contributed by atoms with E-state index in [4.69, 9.17) is 46.5 Å². The molecule has 0 amide bonds. The van der Waals surface area contributed by atoms with Gasteiger partial charge in [-0.15, -0.1) is 0 Å². The van der Waals surface area contributed by atoms with Crippen molar-refractivity contribution in [2.24, 2.45) is 0 Å². The fourth-order valence-electron chi connectivity index (χ4n) is 3.76. The third-order valence-corrected chi connectivity index (χ3v) is 22.1. The molecule has 2 aromatic rings. The Balaban J connectivity index is -0.0000000929. The summed E-state index contributed by atoms with van der Waals surface area (Å²) in [7, 11) is -3.46. The van der Waals surface area contributed by atoms with Crippen LogP contribution in [0.15, 0.2) is 60.7 Å². The molecule has 0 bridgehead atoms. The van der Waals surface area contributed by atoms with Crippen molar-refractivity contribution in [3.05, 3.63) is 138 Å². The van der Waals surface area contributed by atoms with Crippen LogP contribution in [0.2, 0.25) is 39.3 Å². The molecule has 12 nitrogen and oxygen atoms in total. The molecule has 0 spiro atoms. The van der Waals surface area contributed by atoms with Crippen molar-refractivity contribution in [1.82, 2.24) is 10.2 Å². The maximum absolute atomic E-state index is 7.50. The maximum atomic E-state index is 7.50. The number of hydrogen-bond donors (Lipinski definition) is 2. The summed E-state index contributed by atoms with van der Waals surface area (Å²) < 4.78 is 77.3. The van der Waals surface area contributed by atoms with Crippen molar-refractivity contribution in [3.63, 3.8) is 0 Å². The Morgan fingerprint density at radius 2 is 0.646 bits per heavy atom. The second-order valence-corrected chi connectivity index (χ2v) is 24.3. The Kier molecular flexibility index (Phi) is 75.9. The van der Waals surface area contributed by atoms with Crippen molar-refractivity contribution >= 4 is 33.4 Å². The second kappa shape index (κ2) is 53.9. The topological polar surface area (TPSA) is 223 Å². The summed E-state index contributed by atoms with van der Waals surface area (Å²) in [6.45, 7) is 60.1. The van der Waals surface area contributed by atoms with Crippen molar-refractivity contribution in [2.45, 2.75) is 44.2 Å². The molecule has 2 aromatic carbocycles. The van der Waals surface area contributed by atoms with Crippen molar-refractivity contribution < 1.29 is 78.2 Å². The first kappa shape index (κ1) is 67.6. The van der Waals surface area contributed by atoms with Gasteiger partial charge in [0.2, 0.25) is 0 Å². The van der Waals surface area contributed by atoms with Gasteiger partial charge in [-0.25, -0.2) is 0 Å². The van der Waals surface area contributed by atoms with Crippen molar-refractivity contribution in [2.75, 3.05) is 0 Å². The molecular formula is C31H31Cr2N2O10PSi2. The molecule has 2 N–H and O–H groups in total. The second-order valence-electron chi connectivity index (χ2n) is 9.12. The minimum atomic E-state index is -1.41. The van der Waals surface area contributed by atoms with Crippen LogP contribution in [0.5, 0.6) is 0 Å². The summed E-state index contributed by atoms with van der Waals surface area (Å²) in [6, 6.07) is 21.1. The zero-order valence-corrected chi connectivity index (χ0v) is 32.1. The first-order valence-electron chi connectivity index (χ1n) is 11.6. The van der Waals surface area contributed by atoms with Gasteiger partial charge >= 0.3 is 304 Å². The average Bonchev–Trinajstić information content (AvgIpc) is 3.16. The monoisotopic (exact) mass is 782 g/mol. The SMILES string of the molecule is C[Si](C)(C)C(P(N[C](=[Cr])c1ccccc1)N[C](=[Cr])c1ccccc1)[Si](C)(C)C.[C-]#[O+].[C-]#[O+].[C-]#[O+].[C-]#[O+].[C-]#[O+].[C-]#[O+].[C-]#[O+].[C-]#[O+].[C-]#[O+].[C-]#[O+]. The van der Waals surface area contributed by atoms with E-state index in [0.717, 1.165) is 9.01 Å². The molecule has 0 radical (unpaired) electrons. The molecule has 0 heterocycles. The first-order valence-corrected chi connectivity index (χ1v) is 21.4. The van der Waals surface area contributed by atoms with Crippen LogP contribution in [0.25, 0.3) is 0 Å². The zero-order valence-electron chi connectivity index (χ0n) is 26.7. The van der Waals surface area contributed by atoms with Crippen LogP contribution in [0.3, 0.4) is 0 Å². The predicted molar refractivity (Wildman–Crippen MR) is 164 cm³/mol. The van der Waals surface area contributed by atoms with E-state index in [2.05, 4.69) is 208 Å². The van der Waals surface area contributed by atoms with Crippen LogP contribution in [0, 0.1) is 66.5 Å². The number of rotatable bonds is 9. The predicted octanol–water partition coefficient (Wildman–Crippen LogP) is 4.68. The summed E-state index contributed by atoms with van der Waals surface area (Å²) in [5.41, 5.74) is 2.42. The molecule has 2 rings (SSSR count). The third kappa shape index (κ3) is 37.9. The Morgan fingerprint density at radius 3 is 0.812 bits per heavy atom. The minimum absolute atomic E-state index is 0.639. The van der Waals surface area contributed by atoms with Gasteiger partial charge in [0.15, 0.2) is 0 Å². The molecule has 0 aromatic heterocycles. The van der Waals surface area contributed by atoms with Gasteiger partial charge in [-0.3, -0.25) is 0 Å². The Hall–Kier alpha value is -2.57. The van der Waals surface area contributed by atoms with Gasteiger partial charge in [0.25, 0.3) is 0 Å². The van der Waals surface area contributed by atoms with Crippen LogP contribution in [0.4, 0.5) is 0 Å². The molecular weight excluding hydrogens is 751 g/mol. The molecule has 0 saturated carbocycles. The average molecular weight is 783 g/mol. The van der Waals surface area contributed by atoms with E-state index in [9.17, 15) is 0 Å². The van der Waals surface area contributed by atoms with E-state index in [1.165, 1.54) is 11.1 Å². The first-order chi connectivity index (χ1) is 23.0. The van der Waals surface area contributed by atoms with Crippen LogP contribution in [0.1, 0.15) is 11.1 Å². The summed E-state index contributed by atoms with van der Waals surface area (Å²) >= 11 is 6.58. The van der Waals surface area contributed by atoms with Gasteiger partial charge in [0.05, 0.1) is 0 Å². The van der Waals surface area contributed by atoms with E-state index < -0.39 is 24.4 Å². The molecule has 0 saturated heterocycles. The molecule has 0 aliphatic rings. The van der Waals surface area contributed by atoms with Gasteiger partial charge in [-0.2, -0.15) is 0 Å². The van der Waals surface area contributed by atoms with Crippen LogP contribution in [-0.2, 0) is 78.2 Å². The van der Waals surface area contributed by atoms with E-state index in [0.29, 0.717) is 4.91 Å². The fraction of sp³-hybridized carbons (Fsp3) is 0.226. The molecule has 0 unspecified atom stereocenters. The summed E-state index contributed by atoms with van der Waals surface area (Å²) in [4.78, 5) is 0.703. The standard InChI is InChI=1S/C21H31N2PSi2.10CO.2Cr/c1-25(2,3)21(26(4,5)6)24(22-17-19-13-9-7-10-14-19)23-18-20-15-11-8-12-16-20;10*1-2;;/h7-16,21-23H,1-6H3;;;;;;;;;;;;. The third-order valence-electron chi connectivity index (χ3n) is 4.41. The van der Waals surface area contributed by atoms with Crippen LogP contribution < -0.4 is 10.2 Å². The van der Waals surface area contributed by atoms with Gasteiger partial charge < -0.3 is 0 Å². The van der Waals surface area contributed by atoms with E-state index in [1.54, 1.807) is 0 Å². The van der Waals surface area contributed by atoms with Crippen LogP contribution >= 0.6 is 8.22 Å². The Labute approximate surface area is 302 Å². The van der Waals surface area contributed by atoms with E-state index in [1.807, 2.05) is 0 Å². The van der Waals surface area contributed by atoms with Crippen molar-refractivity contribution in [1.29, 1.82) is 0 Å². The zero-order chi connectivity index (χ0) is 40.9. The summed E-state index contributed by atoms with van der Waals surface area (Å²) in [5, 5.41) is 7.78. The molecule has 0 atom stereocenters. The summed E-state index contributed by atoms with van der Waals surface area (Å²) in [5.74, 6) is 0. The van der Waals surface area contributed by atoms with Crippen molar-refractivity contribution in [3.8, 4) is 0 Å². The van der Waals surface area contributed by atoms with Gasteiger partial charge in [0.1, 0.15) is 0 Å². The fourth-order valence-corrected chi connectivity index (χ4v) is 23.5. The number of nitrogens with one attached hydrogen (secondary N) is 2. The molecule has 0 aliphatic heterocycles. The molecule has 0 fully saturated rings. The molecule has 48 heavy (non-hydrogen) atoms. The van der Waals surface area contributed by atoms with Gasteiger partial charge in [0, 0.05) is 0 Å². The molecule has 17 heteroatoms. The Bertz CT molecular complexity index is 1100. The number of benzene rings is 2. The number of hydrogen-bond acceptors (Lipinski definition) is 2. The normalized spacial score (nSPS) is 7.67. The molecule has 250 valence electrons. The van der Waals surface area contributed by atoms with Gasteiger partial charge in [-0.05, 0) is 0 Å². The van der Waals surface area contributed by atoms with Gasteiger partial charge in [-0.1, -0.05) is 0 Å². The van der Waals surface area contributed by atoms with E-state index >= 15 is 0 Å². The summed E-state index contributed by atoms with van der Waals surface area (Å²) in [6.07, 6.45) is 0. The Morgan fingerprint density at radius 1 is 0.458 bits per heavy atom. The molecule has 0 aliphatic carbocycles.